The van der Waals surface area contributed by atoms with Gasteiger partial charge in [0.05, 0.1) is 6.42 Å². The lowest BCUT2D eigenvalue weighted by Gasteiger charge is -2.32. The summed E-state index contributed by atoms with van der Waals surface area (Å²) in [5, 5.41) is 0. The van der Waals surface area contributed by atoms with E-state index in [1.165, 1.54) is 0 Å². The minimum Gasteiger partial charge on any atom is -0.339 e. The van der Waals surface area contributed by atoms with E-state index in [1.807, 2.05) is 4.90 Å². The molecule has 1 aliphatic rings. The molecule has 0 radical (unpaired) electrons. The number of amides is 1. The van der Waals surface area contributed by atoms with Gasteiger partial charge in [0, 0.05) is 19.0 Å². The standard InChI is InChI=1S/C11H19NO2/c1-3-4-5-9(2)12-7-6-10(13)8-11(12)14/h9H,3-8H2,1-2H3. The van der Waals surface area contributed by atoms with E-state index in [9.17, 15) is 9.59 Å². The third kappa shape index (κ3) is 2.82. The number of carbonyl (C=O) groups is 2. The van der Waals surface area contributed by atoms with Crippen LogP contribution in [0.4, 0.5) is 0 Å². The number of piperidine rings is 1. The average molecular weight is 197 g/mol. The first-order valence-corrected chi connectivity index (χ1v) is 5.46. The lowest BCUT2D eigenvalue weighted by atomic mass is 10.0. The molecule has 1 fully saturated rings. The third-order valence-electron chi connectivity index (χ3n) is 2.81. The summed E-state index contributed by atoms with van der Waals surface area (Å²) in [6.45, 7) is 4.85. The van der Waals surface area contributed by atoms with Crippen LogP contribution in [0.5, 0.6) is 0 Å². The van der Waals surface area contributed by atoms with Crippen molar-refractivity contribution in [1.82, 2.24) is 4.90 Å². The molecule has 0 aromatic carbocycles. The quantitative estimate of drug-likeness (QED) is 0.644. The molecule has 0 aromatic heterocycles. The van der Waals surface area contributed by atoms with Gasteiger partial charge in [-0.1, -0.05) is 19.8 Å². The number of nitrogens with zero attached hydrogens (tertiary/aromatic N) is 1. The Kier molecular flexibility index (Phi) is 4.11. The summed E-state index contributed by atoms with van der Waals surface area (Å²) < 4.78 is 0. The minimum absolute atomic E-state index is 0.0184. The van der Waals surface area contributed by atoms with Gasteiger partial charge in [0.2, 0.25) is 5.91 Å². The second-order valence-electron chi connectivity index (χ2n) is 4.04. The largest absolute Gasteiger partial charge is 0.339 e. The lowest BCUT2D eigenvalue weighted by Crippen LogP contribution is -2.44. The van der Waals surface area contributed by atoms with Gasteiger partial charge >= 0.3 is 0 Å². The molecule has 1 aliphatic heterocycles. The number of hydrogen-bond donors (Lipinski definition) is 0. The molecule has 0 N–H and O–H groups in total. The SMILES string of the molecule is CCCCC(C)N1CCC(=O)CC1=O. The molecule has 0 saturated carbocycles. The number of likely N-dealkylation sites (tertiary alicyclic amines) is 1. The van der Waals surface area contributed by atoms with Gasteiger partial charge in [0.1, 0.15) is 5.78 Å². The summed E-state index contributed by atoms with van der Waals surface area (Å²) in [5.74, 6) is 0.110. The second-order valence-corrected chi connectivity index (χ2v) is 4.04. The fourth-order valence-electron chi connectivity index (χ4n) is 1.85. The van der Waals surface area contributed by atoms with Crippen molar-refractivity contribution in [2.45, 2.75) is 52.0 Å². The smallest absolute Gasteiger partial charge is 0.230 e. The van der Waals surface area contributed by atoms with Crippen LogP contribution < -0.4 is 0 Å². The number of rotatable bonds is 4. The topological polar surface area (TPSA) is 37.4 Å². The Morgan fingerprint density at radius 1 is 1.43 bits per heavy atom. The second kappa shape index (κ2) is 5.13. The van der Waals surface area contributed by atoms with E-state index in [1.54, 1.807) is 0 Å². The van der Waals surface area contributed by atoms with Crippen LogP contribution >= 0.6 is 0 Å². The zero-order valence-corrected chi connectivity index (χ0v) is 9.08. The first-order valence-electron chi connectivity index (χ1n) is 5.46. The Hall–Kier alpha value is -0.860. The predicted molar refractivity (Wildman–Crippen MR) is 54.9 cm³/mol. The van der Waals surface area contributed by atoms with Gasteiger partial charge < -0.3 is 4.90 Å². The van der Waals surface area contributed by atoms with E-state index in [0.29, 0.717) is 19.0 Å². The first-order chi connectivity index (χ1) is 6.65. The number of ketones is 1. The third-order valence-corrected chi connectivity index (χ3v) is 2.81. The highest BCUT2D eigenvalue weighted by atomic mass is 16.2. The first kappa shape index (κ1) is 11.2. The normalized spacial score (nSPS) is 20.0. The molecule has 1 rings (SSSR count). The van der Waals surface area contributed by atoms with Gasteiger partial charge in [-0.25, -0.2) is 0 Å². The van der Waals surface area contributed by atoms with E-state index >= 15 is 0 Å². The zero-order valence-electron chi connectivity index (χ0n) is 9.08. The maximum atomic E-state index is 11.5. The monoisotopic (exact) mass is 197 g/mol. The van der Waals surface area contributed by atoms with E-state index in [4.69, 9.17) is 0 Å². The van der Waals surface area contributed by atoms with E-state index in [2.05, 4.69) is 13.8 Å². The fraction of sp³-hybridized carbons (Fsp3) is 0.818. The molecule has 1 heterocycles. The maximum absolute atomic E-state index is 11.5. The van der Waals surface area contributed by atoms with Crippen molar-refractivity contribution in [1.29, 1.82) is 0 Å². The summed E-state index contributed by atoms with van der Waals surface area (Å²) in [6.07, 6.45) is 4.03. The molecule has 0 bridgehead atoms. The van der Waals surface area contributed by atoms with Crippen LogP contribution in [-0.2, 0) is 9.59 Å². The van der Waals surface area contributed by atoms with Crippen LogP contribution in [0.15, 0.2) is 0 Å². The average Bonchev–Trinajstić information content (AvgIpc) is 2.14. The van der Waals surface area contributed by atoms with E-state index < -0.39 is 0 Å². The molecule has 0 aliphatic carbocycles. The van der Waals surface area contributed by atoms with Crippen LogP contribution in [0.3, 0.4) is 0 Å². The van der Waals surface area contributed by atoms with Gasteiger partial charge in [-0.15, -0.1) is 0 Å². The molecule has 3 heteroatoms. The highest BCUT2D eigenvalue weighted by Crippen LogP contribution is 2.15. The Balaban J connectivity index is 2.43. The van der Waals surface area contributed by atoms with Crippen molar-refractivity contribution in [2.75, 3.05) is 6.54 Å². The van der Waals surface area contributed by atoms with Gasteiger partial charge in [-0.05, 0) is 13.3 Å². The summed E-state index contributed by atoms with van der Waals surface area (Å²) in [5.41, 5.74) is 0. The van der Waals surface area contributed by atoms with Crippen LogP contribution in [0.1, 0.15) is 46.0 Å². The van der Waals surface area contributed by atoms with Crippen molar-refractivity contribution < 1.29 is 9.59 Å². The minimum atomic E-state index is 0.0184. The van der Waals surface area contributed by atoms with Crippen molar-refractivity contribution in [3.8, 4) is 0 Å². The molecule has 1 atom stereocenters. The van der Waals surface area contributed by atoms with E-state index in [-0.39, 0.29) is 18.1 Å². The molecule has 1 saturated heterocycles. The molecule has 80 valence electrons. The van der Waals surface area contributed by atoms with Gasteiger partial charge in [0.15, 0.2) is 0 Å². The summed E-state index contributed by atoms with van der Waals surface area (Å²) >= 11 is 0. The molecule has 0 aromatic rings. The Bertz CT molecular complexity index is 225. The van der Waals surface area contributed by atoms with Crippen molar-refractivity contribution in [2.24, 2.45) is 0 Å². The van der Waals surface area contributed by atoms with Crippen molar-refractivity contribution in [3.05, 3.63) is 0 Å². The molecular weight excluding hydrogens is 178 g/mol. The van der Waals surface area contributed by atoms with Crippen LogP contribution in [0.25, 0.3) is 0 Å². The number of Topliss-reactive ketones (excluding diaryl/α,β-unsaturated/α-hetero) is 1. The molecule has 14 heavy (non-hydrogen) atoms. The Labute approximate surface area is 85.5 Å². The molecule has 1 unspecified atom stereocenters. The van der Waals surface area contributed by atoms with Crippen LogP contribution in [0.2, 0.25) is 0 Å². The summed E-state index contributed by atoms with van der Waals surface area (Å²) in [6, 6.07) is 0.301. The number of carbonyl (C=O) groups excluding carboxylic acids is 2. The molecular formula is C11H19NO2. The fourth-order valence-corrected chi connectivity index (χ4v) is 1.85. The Morgan fingerprint density at radius 2 is 2.14 bits per heavy atom. The van der Waals surface area contributed by atoms with E-state index in [0.717, 1.165) is 19.3 Å². The highest BCUT2D eigenvalue weighted by molar-refractivity contribution is 6.00. The highest BCUT2D eigenvalue weighted by Gasteiger charge is 2.26. The number of hydrogen-bond acceptors (Lipinski definition) is 2. The molecule has 0 spiro atoms. The van der Waals surface area contributed by atoms with Gasteiger partial charge in [-0.2, -0.15) is 0 Å². The van der Waals surface area contributed by atoms with Gasteiger partial charge in [-0.3, -0.25) is 9.59 Å². The van der Waals surface area contributed by atoms with Crippen LogP contribution in [0, 0.1) is 0 Å². The lowest BCUT2D eigenvalue weighted by molar-refractivity contribution is -0.141. The zero-order chi connectivity index (χ0) is 10.6. The molecule has 1 amide bonds. The number of unbranched alkanes of at least 4 members (excludes halogenated alkanes) is 1. The van der Waals surface area contributed by atoms with Gasteiger partial charge in [0.25, 0.3) is 0 Å². The maximum Gasteiger partial charge on any atom is 0.230 e. The summed E-state index contributed by atoms with van der Waals surface area (Å²) in [7, 11) is 0. The van der Waals surface area contributed by atoms with Crippen molar-refractivity contribution in [3.63, 3.8) is 0 Å². The van der Waals surface area contributed by atoms with Crippen molar-refractivity contribution >= 4 is 11.7 Å². The Morgan fingerprint density at radius 3 is 2.71 bits per heavy atom. The predicted octanol–water partition coefficient (Wildman–Crippen LogP) is 1.76. The molecule has 3 nitrogen and oxygen atoms in total. The van der Waals surface area contributed by atoms with Crippen LogP contribution in [-0.4, -0.2) is 29.2 Å². The summed E-state index contributed by atoms with van der Waals surface area (Å²) in [4.78, 5) is 24.4.